The maximum Gasteiger partial charge on any atom is 0.295 e. The Hall–Kier alpha value is -1.65. The summed E-state index contributed by atoms with van der Waals surface area (Å²) in [6.45, 7) is 2.88. The minimum atomic E-state index is -0.584. The Morgan fingerprint density at radius 2 is 2.11 bits per heavy atom. The zero-order chi connectivity index (χ0) is 13.2. The molecule has 1 aromatic rings. The predicted molar refractivity (Wildman–Crippen MR) is 68.1 cm³/mol. The standard InChI is InChI=1S/C13H17FN2O2/c1-13(6-2-3-7-13)9-15-11-5-4-10(14)8-12(11)16(17)18/h4-5,8,15H,2-3,6-7,9H2,1H3. The quantitative estimate of drug-likeness (QED) is 0.656. The molecule has 0 unspecified atom stereocenters. The summed E-state index contributed by atoms with van der Waals surface area (Å²) in [5.74, 6) is -0.584. The molecule has 0 amide bonds. The molecular formula is C13H17FN2O2. The van der Waals surface area contributed by atoms with Crippen LogP contribution in [0, 0.1) is 21.3 Å². The summed E-state index contributed by atoms with van der Waals surface area (Å²) in [7, 11) is 0. The van der Waals surface area contributed by atoms with Crippen LogP contribution in [0.1, 0.15) is 32.6 Å². The van der Waals surface area contributed by atoms with Crippen LogP contribution in [0.25, 0.3) is 0 Å². The van der Waals surface area contributed by atoms with Crippen LogP contribution in [0.4, 0.5) is 15.8 Å². The van der Waals surface area contributed by atoms with Crippen molar-refractivity contribution in [3.05, 3.63) is 34.1 Å². The lowest BCUT2D eigenvalue weighted by Crippen LogP contribution is -2.23. The van der Waals surface area contributed by atoms with E-state index < -0.39 is 10.7 Å². The highest BCUT2D eigenvalue weighted by Gasteiger charge is 2.29. The van der Waals surface area contributed by atoms with Crippen molar-refractivity contribution in [2.24, 2.45) is 5.41 Å². The van der Waals surface area contributed by atoms with E-state index in [2.05, 4.69) is 12.2 Å². The third kappa shape index (κ3) is 2.78. The van der Waals surface area contributed by atoms with Crippen molar-refractivity contribution in [1.29, 1.82) is 0 Å². The van der Waals surface area contributed by atoms with Gasteiger partial charge in [0.05, 0.1) is 11.0 Å². The summed E-state index contributed by atoms with van der Waals surface area (Å²) in [6.07, 6.45) is 4.69. The zero-order valence-corrected chi connectivity index (χ0v) is 10.4. The third-order valence-electron chi connectivity index (χ3n) is 3.67. The Balaban J connectivity index is 2.11. The molecule has 0 spiro atoms. The van der Waals surface area contributed by atoms with E-state index in [1.54, 1.807) is 0 Å². The third-order valence-corrected chi connectivity index (χ3v) is 3.67. The van der Waals surface area contributed by atoms with Gasteiger partial charge in [0.15, 0.2) is 0 Å². The van der Waals surface area contributed by atoms with Gasteiger partial charge >= 0.3 is 0 Å². The van der Waals surface area contributed by atoms with Crippen molar-refractivity contribution in [1.82, 2.24) is 0 Å². The zero-order valence-electron chi connectivity index (χ0n) is 10.4. The van der Waals surface area contributed by atoms with Crippen molar-refractivity contribution in [3.8, 4) is 0 Å². The lowest BCUT2D eigenvalue weighted by atomic mass is 9.89. The molecule has 1 N–H and O–H groups in total. The van der Waals surface area contributed by atoms with Crippen LogP contribution in [0.15, 0.2) is 18.2 Å². The van der Waals surface area contributed by atoms with Gasteiger partial charge in [0.2, 0.25) is 0 Å². The second-order valence-corrected chi connectivity index (χ2v) is 5.29. The van der Waals surface area contributed by atoms with E-state index in [1.807, 2.05) is 0 Å². The molecule has 0 atom stereocenters. The summed E-state index contributed by atoms with van der Waals surface area (Å²) >= 11 is 0. The van der Waals surface area contributed by atoms with Gasteiger partial charge in [0.1, 0.15) is 11.5 Å². The molecule has 0 heterocycles. The molecule has 4 nitrogen and oxygen atoms in total. The highest BCUT2D eigenvalue weighted by molar-refractivity contribution is 5.61. The van der Waals surface area contributed by atoms with Gasteiger partial charge in [-0.25, -0.2) is 4.39 Å². The van der Waals surface area contributed by atoms with Gasteiger partial charge in [-0.1, -0.05) is 19.8 Å². The van der Waals surface area contributed by atoms with Gasteiger partial charge in [0, 0.05) is 6.54 Å². The fourth-order valence-electron chi connectivity index (χ4n) is 2.52. The van der Waals surface area contributed by atoms with E-state index in [0.29, 0.717) is 12.2 Å². The molecule has 1 saturated carbocycles. The Kier molecular flexibility index (Phi) is 3.50. The topological polar surface area (TPSA) is 55.2 Å². The molecule has 1 fully saturated rings. The lowest BCUT2D eigenvalue weighted by molar-refractivity contribution is -0.384. The first-order valence-corrected chi connectivity index (χ1v) is 6.18. The van der Waals surface area contributed by atoms with Crippen LogP contribution in [-0.4, -0.2) is 11.5 Å². The van der Waals surface area contributed by atoms with Crippen molar-refractivity contribution in [2.75, 3.05) is 11.9 Å². The Labute approximate surface area is 105 Å². The van der Waals surface area contributed by atoms with Crippen LogP contribution in [0.2, 0.25) is 0 Å². The number of rotatable bonds is 4. The molecule has 0 aliphatic heterocycles. The van der Waals surface area contributed by atoms with Crippen LogP contribution < -0.4 is 5.32 Å². The Bertz CT molecular complexity index is 456. The van der Waals surface area contributed by atoms with E-state index >= 15 is 0 Å². The van der Waals surface area contributed by atoms with Gasteiger partial charge in [-0.2, -0.15) is 0 Å². The SMILES string of the molecule is CC1(CNc2ccc(F)cc2[N+](=O)[O-])CCCC1. The lowest BCUT2D eigenvalue weighted by Gasteiger charge is -2.24. The summed E-state index contributed by atoms with van der Waals surface area (Å²) in [5, 5.41) is 13.9. The first kappa shape index (κ1) is 12.8. The van der Waals surface area contributed by atoms with Crippen LogP contribution >= 0.6 is 0 Å². The summed E-state index contributed by atoms with van der Waals surface area (Å²) in [5.41, 5.74) is 0.397. The second-order valence-electron chi connectivity index (χ2n) is 5.29. The van der Waals surface area contributed by atoms with Crippen molar-refractivity contribution < 1.29 is 9.31 Å². The van der Waals surface area contributed by atoms with E-state index in [1.165, 1.54) is 25.0 Å². The highest BCUT2D eigenvalue weighted by atomic mass is 19.1. The highest BCUT2D eigenvalue weighted by Crippen LogP contribution is 2.38. The molecule has 18 heavy (non-hydrogen) atoms. The number of nitro groups is 1. The first-order chi connectivity index (χ1) is 8.50. The fourth-order valence-corrected chi connectivity index (χ4v) is 2.52. The van der Waals surface area contributed by atoms with E-state index in [9.17, 15) is 14.5 Å². The monoisotopic (exact) mass is 252 g/mol. The molecule has 2 rings (SSSR count). The molecule has 1 aliphatic rings. The smallest absolute Gasteiger partial charge is 0.295 e. The maximum absolute atomic E-state index is 13.0. The number of nitrogens with one attached hydrogen (secondary N) is 1. The number of benzene rings is 1. The molecule has 0 saturated heterocycles. The van der Waals surface area contributed by atoms with Crippen molar-refractivity contribution in [3.63, 3.8) is 0 Å². The molecule has 5 heteroatoms. The summed E-state index contributed by atoms with van der Waals surface area (Å²) in [6, 6.07) is 3.64. The average Bonchev–Trinajstić information content (AvgIpc) is 2.75. The molecule has 1 aromatic carbocycles. The predicted octanol–water partition coefficient (Wildman–Crippen LogP) is 3.73. The number of anilines is 1. The second kappa shape index (κ2) is 4.92. The van der Waals surface area contributed by atoms with Gasteiger partial charge in [-0.15, -0.1) is 0 Å². The average molecular weight is 252 g/mol. The molecule has 98 valence electrons. The van der Waals surface area contributed by atoms with E-state index in [-0.39, 0.29) is 11.1 Å². The number of hydrogen-bond donors (Lipinski definition) is 1. The Morgan fingerprint density at radius 3 is 2.72 bits per heavy atom. The maximum atomic E-state index is 13.0. The van der Waals surface area contributed by atoms with E-state index in [0.717, 1.165) is 18.9 Å². The van der Waals surface area contributed by atoms with Gasteiger partial charge < -0.3 is 5.32 Å². The molecular weight excluding hydrogens is 235 g/mol. The van der Waals surface area contributed by atoms with Crippen LogP contribution in [0.3, 0.4) is 0 Å². The number of halogens is 1. The van der Waals surface area contributed by atoms with Crippen LogP contribution in [0.5, 0.6) is 0 Å². The summed E-state index contributed by atoms with van der Waals surface area (Å²) < 4.78 is 13.0. The van der Waals surface area contributed by atoms with Crippen molar-refractivity contribution in [2.45, 2.75) is 32.6 Å². The van der Waals surface area contributed by atoms with Gasteiger partial charge in [-0.3, -0.25) is 10.1 Å². The molecule has 0 radical (unpaired) electrons. The van der Waals surface area contributed by atoms with Gasteiger partial charge in [0.25, 0.3) is 5.69 Å². The number of nitro benzene ring substituents is 1. The van der Waals surface area contributed by atoms with E-state index in [4.69, 9.17) is 0 Å². The molecule has 1 aliphatic carbocycles. The summed E-state index contributed by atoms with van der Waals surface area (Å²) in [4.78, 5) is 10.3. The molecule has 0 bridgehead atoms. The largest absolute Gasteiger partial charge is 0.379 e. The minimum absolute atomic E-state index is 0.197. The number of nitrogens with zero attached hydrogens (tertiary/aromatic N) is 1. The molecule has 0 aromatic heterocycles. The fraction of sp³-hybridized carbons (Fsp3) is 0.538. The van der Waals surface area contributed by atoms with Crippen LogP contribution in [-0.2, 0) is 0 Å². The van der Waals surface area contributed by atoms with Gasteiger partial charge in [-0.05, 0) is 30.4 Å². The van der Waals surface area contributed by atoms with Crippen molar-refractivity contribution >= 4 is 11.4 Å². The minimum Gasteiger partial charge on any atom is -0.379 e. The Morgan fingerprint density at radius 1 is 1.44 bits per heavy atom. The normalized spacial score (nSPS) is 17.7. The number of hydrogen-bond acceptors (Lipinski definition) is 3. The first-order valence-electron chi connectivity index (χ1n) is 6.18.